The van der Waals surface area contributed by atoms with Crippen LogP contribution in [-0.4, -0.2) is 6.10 Å². The summed E-state index contributed by atoms with van der Waals surface area (Å²) in [5, 5.41) is 0. The second-order valence-electron chi connectivity index (χ2n) is 4.64. The van der Waals surface area contributed by atoms with E-state index in [9.17, 15) is 0 Å². The molecule has 0 fully saturated rings. The van der Waals surface area contributed by atoms with Crippen molar-refractivity contribution in [1.29, 1.82) is 0 Å². The van der Waals surface area contributed by atoms with Gasteiger partial charge in [0.2, 0.25) is 0 Å². The first-order chi connectivity index (χ1) is 8.88. The van der Waals surface area contributed by atoms with Crippen LogP contribution in [0.4, 0.5) is 0 Å². The molecule has 1 heterocycles. The van der Waals surface area contributed by atoms with Crippen molar-refractivity contribution in [3.05, 3.63) is 78.4 Å². The van der Waals surface area contributed by atoms with Crippen molar-refractivity contribution < 1.29 is 4.74 Å². The highest BCUT2D eigenvalue weighted by Gasteiger charge is 2.29. The molecular formula is C17H16O. The average molecular weight is 236 g/mol. The van der Waals surface area contributed by atoms with E-state index in [0.29, 0.717) is 0 Å². The minimum absolute atomic E-state index is 0.169. The van der Waals surface area contributed by atoms with Crippen LogP contribution >= 0.6 is 0 Å². The SMILES string of the molecule is C=CC(c1ccccc1)C1Cc2ccccc2O1. The van der Waals surface area contributed by atoms with Gasteiger partial charge in [0.25, 0.3) is 0 Å². The maximum atomic E-state index is 6.04. The molecule has 0 aliphatic carbocycles. The summed E-state index contributed by atoms with van der Waals surface area (Å²) in [4.78, 5) is 0. The summed E-state index contributed by atoms with van der Waals surface area (Å²) in [5.41, 5.74) is 2.57. The van der Waals surface area contributed by atoms with Gasteiger partial charge in [-0.15, -0.1) is 6.58 Å². The zero-order valence-corrected chi connectivity index (χ0v) is 10.3. The van der Waals surface area contributed by atoms with Crippen LogP contribution in [0, 0.1) is 0 Å². The average Bonchev–Trinajstić information content (AvgIpc) is 2.84. The Kier molecular flexibility index (Phi) is 2.89. The van der Waals surface area contributed by atoms with Crippen molar-refractivity contribution in [2.75, 3.05) is 0 Å². The predicted molar refractivity (Wildman–Crippen MR) is 73.9 cm³/mol. The second-order valence-corrected chi connectivity index (χ2v) is 4.64. The number of benzene rings is 2. The number of fused-ring (bicyclic) bond motifs is 1. The number of hydrogen-bond donors (Lipinski definition) is 0. The summed E-state index contributed by atoms with van der Waals surface area (Å²) in [7, 11) is 0. The summed E-state index contributed by atoms with van der Waals surface area (Å²) in [6.45, 7) is 3.96. The molecule has 0 aromatic heterocycles. The molecule has 0 radical (unpaired) electrons. The van der Waals surface area contributed by atoms with E-state index in [1.807, 2.05) is 24.3 Å². The Morgan fingerprint density at radius 1 is 1.06 bits per heavy atom. The lowest BCUT2D eigenvalue weighted by Gasteiger charge is -2.20. The van der Waals surface area contributed by atoms with Crippen molar-refractivity contribution in [2.24, 2.45) is 0 Å². The van der Waals surface area contributed by atoms with Gasteiger partial charge in [-0.25, -0.2) is 0 Å². The Balaban J connectivity index is 1.86. The Labute approximate surface area is 108 Å². The van der Waals surface area contributed by atoms with E-state index in [1.165, 1.54) is 11.1 Å². The van der Waals surface area contributed by atoms with Gasteiger partial charge in [0.1, 0.15) is 11.9 Å². The Hall–Kier alpha value is -2.02. The van der Waals surface area contributed by atoms with E-state index in [1.54, 1.807) is 0 Å². The van der Waals surface area contributed by atoms with E-state index >= 15 is 0 Å². The molecule has 1 aliphatic rings. The second kappa shape index (κ2) is 4.69. The van der Waals surface area contributed by atoms with Gasteiger partial charge in [-0.3, -0.25) is 0 Å². The van der Waals surface area contributed by atoms with Crippen molar-refractivity contribution >= 4 is 0 Å². The van der Waals surface area contributed by atoms with Crippen LogP contribution in [0.1, 0.15) is 17.0 Å². The van der Waals surface area contributed by atoms with Crippen LogP contribution in [0.2, 0.25) is 0 Å². The molecule has 0 saturated carbocycles. The third-order valence-corrected chi connectivity index (χ3v) is 3.51. The van der Waals surface area contributed by atoms with E-state index < -0.39 is 0 Å². The smallest absolute Gasteiger partial charge is 0.123 e. The molecule has 0 bridgehead atoms. The summed E-state index contributed by atoms with van der Waals surface area (Å²) in [6, 6.07) is 18.7. The quantitative estimate of drug-likeness (QED) is 0.733. The van der Waals surface area contributed by atoms with Crippen LogP contribution in [0.15, 0.2) is 67.3 Å². The van der Waals surface area contributed by atoms with E-state index in [4.69, 9.17) is 4.74 Å². The first-order valence-electron chi connectivity index (χ1n) is 6.30. The topological polar surface area (TPSA) is 9.23 Å². The van der Waals surface area contributed by atoms with Crippen molar-refractivity contribution in [2.45, 2.75) is 18.4 Å². The van der Waals surface area contributed by atoms with Gasteiger partial charge in [-0.2, -0.15) is 0 Å². The van der Waals surface area contributed by atoms with Gasteiger partial charge in [0.15, 0.2) is 0 Å². The molecular weight excluding hydrogens is 220 g/mol. The molecule has 1 heteroatoms. The Morgan fingerprint density at radius 2 is 1.78 bits per heavy atom. The molecule has 3 rings (SSSR count). The molecule has 18 heavy (non-hydrogen) atoms. The molecule has 0 amide bonds. The van der Waals surface area contributed by atoms with Crippen LogP contribution in [-0.2, 0) is 6.42 Å². The van der Waals surface area contributed by atoms with Crippen molar-refractivity contribution in [3.8, 4) is 5.75 Å². The van der Waals surface area contributed by atoms with Crippen LogP contribution in [0.25, 0.3) is 0 Å². The van der Waals surface area contributed by atoms with Gasteiger partial charge in [-0.1, -0.05) is 54.6 Å². The van der Waals surface area contributed by atoms with Gasteiger partial charge < -0.3 is 4.74 Å². The summed E-state index contributed by atoms with van der Waals surface area (Å²) >= 11 is 0. The van der Waals surface area contributed by atoms with Gasteiger partial charge in [0.05, 0.1) is 0 Å². The first-order valence-corrected chi connectivity index (χ1v) is 6.30. The maximum absolute atomic E-state index is 6.04. The molecule has 1 aliphatic heterocycles. The van der Waals surface area contributed by atoms with E-state index in [2.05, 4.69) is 43.0 Å². The fourth-order valence-electron chi connectivity index (χ4n) is 2.59. The molecule has 2 unspecified atom stereocenters. The Bertz CT molecular complexity index is 520. The van der Waals surface area contributed by atoms with Crippen LogP contribution in [0.5, 0.6) is 5.75 Å². The lowest BCUT2D eigenvalue weighted by Crippen LogP contribution is -2.21. The molecule has 0 spiro atoms. The minimum atomic E-state index is 0.169. The summed E-state index contributed by atoms with van der Waals surface area (Å²) in [6.07, 6.45) is 3.12. The summed E-state index contributed by atoms with van der Waals surface area (Å²) in [5.74, 6) is 1.27. The number of rotatable bonds is 3. The van der Waals surface area contributed by atoms with Crippen molar-refractivity contribution in [3.63, 3.8) is 0 Å². The number of ether oxygens (including phenoxy) is 1. The largest absolute Gasteiger partial charge is 0.489 e. The summed E-state index contributed by atoms with van der Waals surface area (Å²) < 4.78 is 6.04. The molecule has 2 aromatic rings. The number of hydrogen-bond acceptors (Lipinski definition) is 1. The van der Waals surface area contributed by atoms with Gasteiger partial charge in [-0.05, 0) is 17.2 Å². The lowest BCUT2D eigenvalue weighted by molar-refractivity contribution is 0.216. The van der Waals surface area contributed by atoms with Crippen LogP contribution < -0.4 is 4.74 Å². The molecule has 90 valence electrons. The van der Waals surface area contributed by atoms with Crippen LogP contribution in [0.3, 0.4) is 0 Å². The molecule has 0 saturated heterocycles. The third-order valence-electron chi connectivity index (χ3n) is 3.51. The fourth-order valence-corrected chi connectivity index (χ4v) is 2.59. The normalized spacial score (nSPS) is 18.8. The fraction of sp³-hybridized carbons (Fsp3) is 0.176. The van der Waals surface area contributed by atoms with Gasteiger partial charge >= 0.3 is 0 Å². The lowest BCUT2D eigenvalue weighted by atomic mass is 9.91. The highest BCUT2D eigenvalue weighted by Crippen LogP contribution is 2.35. The highest BCUT2D eigenvalue weighted by molar-refractivity contribution is 5.39. The zero-order valence-electron chi connectivity index (χ0n) is 10.3. The van der Waals surface area contributed by atoms with E-state index in [0.717, 1.165) is 12.2 Å². The minimum Gasteiger partial charge on any atom is -0.489 e. The van der Waals surface area contributed by atoms with Crippen molar-refractivity contribution in [1.82, 2.24) is 0 Å². The standard InChI is InChI=1S/C17H16O/c1-2-15(13-8-4-3-5-9-13)17-12-14-10-6-7-11-16(14)18-17/h2-11,15,17H,1,12H2. The molecule has 0 N–H and O–H groups in total. The Morgan fingerprint density at radius 3 is 2.50 bits per heavy atom. The third kappa shape index (κ3) is 1.92. The maximum Gasteiger partial charge on any atom is 0.123 e. The predicted octanol–water partition coefficient (Wildman–Crippen LogP) is 3.96. The highest BCUT2D eigenvalue weighted by atomic mass is 16.5. The molecule has 2 atom stereocenters. The molecule has 2 aromatic carbocycles. The van der Waals surface area contributed by atoms with Gasteiger partial charge in [0, 0.05) is 12.3 Å². The number of para-hydroxylation sites is 1. The van der Waals surface area contributed by atoms with E-state index in [-0.39, 0.29) is 12.0 Å². The zero-order chi connectivity index (χ0) is 12.4. The first kappa shape index (κ1) is 11.1. The monoisotopic (exact) mass is 236 g/mol. The molecule has 1 nitrogen and oxygen atoms in total.